The first-order chi connectivity index (χ1) is 10.1. The molecule has 3 heterocycles. The van der Waals surface area contributed by atoms with Gasteiger partial charge in [-0.15, -0.1) is 0 Å². The van der Waals surface area contributed by atoms with Crippen LogP contribution < -0.4 is 9.80 Å². The molecule has 21 heavy (non-hydrogen) atoms. The Morgan fingerprint density at radius 1 is 1.19 bits per heavy atom. The van der Waals surface area contributed by atoms with Crippen molar-refractivity contribution in [1.82, 2.24) is 19.9 Å². The third kappa shape index (κ3) is 2.94. The molecule has 0 radical (unpaired) electrons. The highest BCUT2D eigenvalue weighted by Crippen LogP contribution is 2.23. The summed E-state index contributed by atoms with van der Waals surface area (Å²) in [6.07, 6.45) is 6.34. The van der Waals surface area contributed by atoms with Crippen molar-refractivity contribution >= 4 is 11.6 Å². The van der Waals surface area contributed by atoms with Crippen LogP contribution in [0.2, 0.25) is 0 Å². The van der Waals surface area contributed by atoms with Crippen molar-refractivity contribution in [3.8, 4) is 0 Å². The molecule has 0 aromatic carbocycles. The Labute approximate surface area is 124 Å². The van der Waals surface area contributed by atoms with Gasteiger partial charge in [-0.3, -0.25) is 4.98 Å². The first kappa shape index (κ1) is 13.7. The van der Waals surface area contributed by atoms with Crippen LogP contribution in [0.1, 0.15) is 17.8 Å². The third-order valence-corrected chi connectivity index (χ3v) is 3.93. The minimum atomic E-state index is 0.432. The lowest BCUT2D eigenvalue weighted by Crippen LogP contribution is -2.35. The largest absolute Gasteiger partial charge is 0.355 e. The highest BCUT2D eigenvalue weighted by Gasteiger charge is 2.27. The predicted octanol–water partition coefficient (Wildman–Crippen LogP) is 1.60. The van der Waals surface area contributed by atoms with Gasteiger partial charge in [-0.1, -0.05) is 0 Å². The number of likely N-dealkylation sites (N-methyl/N-ethyl adjacent to an activating group) is 1. The molecule has 1 saturated heterocycles. The summed E-state index contributed by atoms with van der Waals surface area (Å²) in [6, 6.07) is 2.45. The molecule has 110 valence electrons. The SMILES string of the molecule is Cc1cc(N(C)C2CCN(c3cncc(C)n3)C2)ncn1. The molecule has 6 heteroatoms. The zero-order valence-corrected chi connectivity index (χ0v) is 12.7. The van der Waals surface area contributed by atoms with Gasteiger partial charge in [-0.2, -0.15) is 0 Å². The van der Waals surface area contributed by atoms with Crippen molar-refractivity contribution in [1.29, 1.82) is 0 Å². The fourth-order valence-corrected chi connectivity index (χ4v) is 2.69. The molecule has 3 rings (SSSR count). The van der Waals surface area contributed by atoms with Gasteiger partial charge in [0.1, 0.15) is 18.0 Å². The Kier molecular flexibility index (Phi) is 3.68. The molecule has 1 aliphatic rings. The minimum Gasteiger partial charge on any atom is -0.355 e. The van der Waals surface area contributed by atoms with E-state index >= 15 is 0 Å². The quantitative estimate of drug-likeness (QED) is 0.853. The molecule has 1 fully saturated rings. The summed E-state index contributed by atoms with van der Waals surface area (Å²) in [5, 5.41) is 0. The van der Waals surface area contributed by atoms with Gasteiger partial charge in [0.15, 0.2) is 0 Å². The van der Waals surface area contributed by atoms with Crippen LogP contribution in [0.3, 0.4) is 0 Å². The minimum absolute atomic E-state index is 0.432. The molecule has 1 unspecified atom stereocenters. The van der Waals surface area contributed by atoms with Gasteiger partial charge in [-0.05, 0) is 20.3 Å². The van der Waals surface area contributed by atoms with Gasteiger partial charge in [0.05, 0.1) is 11.9 Å². The van der Waals surface area contributed by atoms with Crippen LogP contribution in [0.5, 0.6) is 0 Å². The molecule has 2 aromatic heterocycles. The standard InChI is InChI=1S/C15H20N6/c1-11-6-14(18-10-17-11)20(3)13-4-5-21(9-13)15-8-16-7-12(2)19-15/h6-8,10,13H,4-5,9H2,1-3H3. The van der Waals surface area contributed by atoms with Gasteiger partial charge in [-0.25, -0.2) is 15.0 Å². The van der Waals surface area contributed by atoms with E-state index in [0.717, 1.165) is 42.5 Å². The summed E-state index contributed by atoms with van der Waals surface area (Å²) >= 11 is 0. The summed E-state index contributed by atoms with van der Waals surface area (Å²) in [7, 11) is 2.10. The molecule has 0 N–H and O–H groups in total. The molecule has 1 atom stereocenters. The van der Waals surface area contributed by atoms with E-state index in [2.05, 4.69) is 36.8 Å². The summed E-state index contributed by atoms with van der Waals surface area (Å²) in [5.74, 6) is 1.94. The van der Waals surface area contributed by atoms with Crippen molar-refractivity contribution in [2.24, 2.45) is 0 Å². The van der Waals surface area contributed by atoms with E-state index in [1.807, 2.05) is 26.1 Å². The number of hydrogen-bond acceptors (Lipinski definition) is 6. The molecular formula is C15H20N6. The van der Waals surface area contributed by atoms with Gasteiger partial charge in [0.25, 0.3) is 0 Å². The molecule has 6 nitrogen and oxygen atoms in total. The molecule has 2 aromatic rings. The highest BCUT2D eigenvalue weighted by atomic mass is 15.3. The first-order valence-electron chi connectivity index (χ1n) is 7.18. The maximum absolute atomic E-state index is 4.56. The molecule has 0 saturated carbocycles. The maximum Gasteiger partial charge on any atom is 0.147 e. The Hall–Kier alpha value is -2.24. The second-order valence-electron chi connectivity index (χ2n) is 5.54. The Balaban J connectivity index is 1.72. The van der Waals surface area contributed by atoms with Gasteiger partial charge in [0, 0.05) is 44.1 Å². The van der Waals surface area contributed by atoms with Gasteiger partial charge < -0.3 is 9.80 Å². The van der Waals surface area contributed by atoms with Crippen molar-refractivity contribution in [2.45, 2.75) is 26.3 Å². The van der Waals surface area contributed by atoms with Crippen LogP contribution in [0.4, 0.5) is 11.6 Å². The number of anilines is 2. The second-order valence-corrected chi connectivity index (χ2v) is 5.54. The number of hydrogen-bond donors (Lipinski definition) is 0. The van der Waals surface area contributed by atoms with E-state index in [1.54, 1.807) is 12.5 Å². The lowest BCUT2D eigenvalue weighted by molar-refractivity contribution is 0.682. The van der Waals surface area contributed by atoms with Crippen molar-refractivity contribution in [3.63, 3.8) is 0 Å². The van der Waals surface area contributed by atoms with Crippen molar-refractivity contribution < 1.29 is 0 Å². The van der Waals surface area contributed by atoms with E-state index in [0.29, 0.717) is 6.04 Å². The Morgan fingerprint density at radius 2 is 2.05 bits per heavy atom. The third-order valence-electron chi connectivity index (χ3n) is 3.93. The number of nitrogens with zero attached hydrogens (tertiary/aromatic N) is 6. The van der Waals surface area contributed by atoms with E-state index in [-0.39, 0.29) is 0 Å². The van der Waals surface area contributed by atoms with Crippen LogP contribution in [0, 0.1) is 13.8 Å². The van der Waals surface area contributed by atoms with Crippen molar-refractivity contribution in [2.75, 3.05) is 29.9 Å². The van der Waals surface area contributed by atoms with Gasteiger partial charge >= 0.3 is 0 Å². The van der Waals surface area contributed by atoms with Crippen LogP contribution >= 0.6 is 0 Å². The van der Waals surface area contributed by atoms with E-state index in [4.69, 9.17) is 0 Å². The monoisotopic (exact) mass is 284 g/mol. The Morgan fingerprint density at radius 3 is 2.81 bits per heavy atom. The topological polar surface area (TPSA) is 58.0 Å². The first-order valence-corrected chi connectivity index (χ1v) is 7.18. The van der Waals surface area contributed by atoms with Crippen LogP contribution in [0.25, 0.3) is 0 Å². The lowest BCUT2D eigenvalue weighted by Gasteiger charge is -2.26. The van der Waals surface area contributed by atoms with Crippen LogP contribution in [-0.4, -0.2) is 46.1 Å². The van der Waals surface area contributed by atoms with Crippen LogP contribution in [-0.2, 0) is 0 Å². The fourth-order valence-electron chi connectivity index (χ4n) is 2.69. The molecule has 0 bridgehead atoms. The van der Waals surface area contributed by atoms with Crippen LogP contribution in [0.15, 0.2) is 24.8 Å². The zero-order valence-electron chi connectivity index (χ0n) is 12.7. The normalized spacial score (nSPS) is 18.0. The summed E-state index contributed by atoms with van der Waals surface area (Å²) in [6.45, 7) is 5.90. The number of aromatic nitrogens is 4. The lowest BCUT2D eigenvalue weighted by atomic mass is 10.2. The Bertz CT molecular complexity index is 629. The smallest absolute Gasteiger partial charge is 0.147 e. The predicted molar refractivity (Wildman–Crippen MR) is 82.6 cm³/mol. The van der Waals surface area contributed by atoms with Crippen molar-refractivity contribution in [3.05, 3.63) is 36.2 Å². The summed E-state index contributed by atoms with van der Waals surface area (Å²) in [4.78, 5) is 21.8. The average molecular weight is 284 g/mol. The summed E-state index contributed by atoms with van der Waals surface area (Å²) < 4.78 is 0. The average Bonchev–Trinajstić information content (AvgIpc) is 2.96. The second kappa shape index (κ2) is 5.63. The van der Waals surface area contributed by atoms with E-state index in [1.165, 1.54) is 0 Å². The maximum atomic E-state index is 4.56. The zero-order chi connectivity index (χ0) is 14.8. The fraction of sp³-hybridized carbons (Fsp3) is 0.467. The highest BCUT2D eigenvalue weighted by molar-refractivity contribution is 5.44. The number of aryl methyl sites for hydroxylation is 2. The molecule has 1 aliphatic heterocycles. The van der Waals surface area contributed by atoms with Gasteiger partial charge in [0.2, 0.25) is 0 Å². The summed E-state index contributed by atoms with van der Waals surface area (Å²) in [5.41, 5.74) is 1.95. The molecular weight excluding hydrogens is 264 g/mol. The van der Waals surface area contributed by atoms with E-state index < -0.39 is 0 Å². The molecule has 0 spiro atoms. The molecule has 0 amide bonds. The number of rotatable bonds is 3. The molecule has 0 aliphatic carbocycles. The van der Waals surface area contributed by atoms with E-state index in [9.17, 15) is 0 Å².